The standard InChI is InChI=1S/C23H25ClN4O5/c1-4-6-28-20-19(22(30)27-23(28)31)13(9-15(25-20)12(2)3)21(29)26-16-11-18-17(10-14(16)24)32-7-5-8-33-18/h9-12H,4-8H2,1-3H3,(H,26,29)(H,27,30,31). The minimum Gasteiger partial charge on any atom is -0.490 e. The van der Waals surface area contributed by atoms with E-state index in [1.54, 1.807) is 18.2 Å². The van der Waals surface area contributed by atoms with Gasteiger partial charge >= 0.3 is 5.69 Å². The summed E-state index contributed by atoms with van der Waals surface area (Å²) in [5.41, 5.74) is -0.0163. The number of H-pyrrole nitrogens is 1. The Balaban J connectivity index is 1.85. The normalized spacial score (nSPS) is 13.2. The summed E-state index contributed by atoms with van der Waals surface area (Å²) in [7, 11) is 0. The largest absolute Gasteiger partial charge is 0.490 e. The molecule has 10 heteroatoms. The van der Waals surface area contributed by atoms with E-state index in [9.17, 15) is 14.4 Å². The van der Waals surface area contributed by atoms with Crippen LogP contribution in [0.4, 0.5) is 5.69 Å². The fourth-order valence-electron chi connectivity index (χ4n) is 3.67. The molecule has 0 fully saturated rings. The van der Waals surface area contributed by atoms with E-state index in [4.69, 9.17) is 21.1 Å². The van der Waals surface area contributed by atoms with E-state index in [1.165, 1.54) is 4.57 Å². The van der Waals surface area contributed by atoms with Crippen LogP contribution in [-0.2, 0) is 6.54 Å². The highest BCUT2D eigenvalue weighted by Gasteiger charge is 2.22. The maximum atomic E-state index is 13.4. The quantitative estimate of drug-likeness (QED) is 0.585. The third-order valence-corrected chi connectivity index (χ3v) is 5.65. The molecule has 2 aromatic heterocycles. The molecule has 1 aliphatic heterocycles. The number of halogens is 1. The van der Waals surface area contributed by atoms with Crippen molar-refractivity contribution >= 4 is 34.2 Å². The molecule has 174 valence electrons. The Kier molecular flexibility index (Phi) is 6.42. The van der Waals surface area contributed by atoms with Crippen molar-refractivity contribution in [1.29, 1.82) is 0 Å². The topological polar surface area (TPSA) is 115 Å². The van der Waals surface area contributed by atoms with Gasteiger partial charge in [0.1, 0.15) is 0 Å². The summed E-state index contributed by atoms with van der Waals surface area (Å²) in [6, 6.07) is 4.77. The van der Waals surface area contributed by atoms with Crippen LogP contribution in [0.3, 0.4) is 0 Å². The highest BCUT2D eigenvalue weighted by molar-refractivity contribution is 6.34. The minimum absolute atomic E-state index is 0.0351. The number of hydrogen-bond acceptors (Lipinski definition) is 6. The summed E-state index contributed by atoms with van der Waals surface area (Å²) in [5.74, 6) is 0.399. The van der Waals surface area contributed by atoms with Crippen LogP contribution in [0.1, 0.15) is 55.6 Å². The van der Waals surface area contributed by atoms with Crippen molar-refractivity contribution in [2.24, 2.45) is 0 Å². The van der Waals surface area contributed by atoms with Gasteiger partial charge in [0.2, 0.25) is 0 Å². The lowest BCUT2D eigenvalue weighted by Crippen LogP contribution is -2.32. The predicted octanol–water partition coefficient (Wildman–Crippen LogP) is 3.69. The number of hydrogen-bond donors (Lipinski definition) is 2. The van der Waals surface area contributed by atoms with E-state index in [2.05, 4.69) is 15.3 Å². The number of anilines is 1. The fraction of sp³-hybridized carbons (Fsp3) is 0.391. The van der Waals surface area contributed by atoms with Crippen molar-refractivity contribution in [2.45, 2.75) is 46.1 Å². The number of nitrogens with one attached hydrogen (secondary N) is 2. The van der Waals surface area contributed by atoms with E-state index in [0.29, 0.717) is 49.1 Å². The molecular weight excluding hydrogens is 448 g/mol. The van der Waals surface area contributed by atoms with Crippen LogP contribution in [0.15, 0.2) is 27.8 Å². The number of pyridine rings is 1. The second kappa shape index (κ2) is 9.27. The second-order valence-corrected chi connectivity index (χ2v) is 8.55. The Labute approximate surface area is 194 Å². The zero-order valence-electron chi connectivity index (χ0n) is 18.7. The summed E-state index contributed by atoms with van der Waals surface area (Å²) in [5, 5.41) is 3.10. The number of aromatic nitrogens is 3. The SMILES string of the molecule is CCCn1c(=O)[nH]c(=O)c2c(C(=O)Nc3cc4c(cc3Cl)OCCCO4)cc(C(C)C)nc21. The average Bonchev–Trinajstić information content (AvgIpc) is 3.00. The number of nitrogens with zero attached hydrogens (tertiary/aromatic N) is 2. The van der Waals surface area contributed by atoms with Crippen molar-refractivity contribution in [3.05, 3.63) is 55.3 Å². The molecule has 4 rings (SSSR count). The Morgan fingerprint density at radius 3 is 2.58 bits per heavy atom. The summed E-state index contributed by atoms with van der Waals surface area (Å²) in [4.78, 5) is 45.4. The zero-order chi connectivity index (χ0) is 23.7. The molecule has 2 N–H and O–H groups in total. The van der Waals surface area contributed by atoms with E-state index < -0.39 is 17.2 Å². The smallest absolute Gasteiger partial charge is 0.329 e. The number of amides is 1. The molecule has 3 aromatic rings. The van der Waals surface area contributed by atoms with Crippen molar-refractivity contribution in [2.75, 3.05) is 18.5 Å². The fourth-order valence-corrected chi connectivity index (χ4v) is 3.87. The number of rotatable bonds is 5. The average molecular weight is 473 g/mol. The highest BCUT2D eigenvalue weighted by atomic mass is 35.5. The first-order valence-corrected chi connectivity index (χ1v) is 11.3. The molecule has 33 heavy (non-hydrogen) atoms. The number of carbonyl (C=O) groups excluding carboxylic acids is 1. The van der Waals surface area contributed by atoms with Crippen molar-refractivity contribution in [3.8, 4) is 11.5 Å². The molecule has 0 aliphatic carbocycles. The molecule has 0 saturated carbocycles. The summed E-state index contributed by atoms with van der Waals surface area (Å²) in [6.45, 7) is 7.11. The number of ether oxygens (including phenoxy) is 2. The first-order chi connectivity index (χ1) is 15.8. The van der Waals surface area contributed by atoms with Crippen molar-refractivity contribution in [3.63, 3.8) is 0 Å². The molecule has 0 radical (unpaired) electrons. The Morgan fingerprint density at radius 2 is 1.91 bits per heavy atom. The number of benzene rings is 1. The number of aromatic amines is 1. The Bertz CT molecular complexity index is 1350. The van der Waals surface area contributed by atoms with E-state index in [0.717, 1.165) is 6.42 Å². The van der Waals surface area contributed by atoms with Crippen molar-refractivity contribution < 1.29 is 14.3 Å². The maximum Gasteiger partial charge on any atom is 0.329 e. The lowest BCUT2D eigenvalue weighted by atomic mass is 10.0. The van der Waals surface area contributed by atoms with Gasteiger partial charge in [-0.25, -0.2) is 9.78 Å². The number of aryl methyl sites for hydroxylation is 1. The van der Waals surface area contributed by atoms with Gasteiger partial charge in [0.15, 0.2) is 17.1 Å². The summed E-state index contributed by atoms with van der Waals surface area (Å²) in [6.07, 6.45) is 1.39. The van der Waals surface area contributed by atoms with Crippen LogP contribution in [-0.4, -0.2) is 33.7 Å². The lowest BCUT2D eigenvalue weighted by molar-refractivity contribution is 0.102. The van der Waals surface area contributed by atoms with Gasteiger partial charge in [0.05, 0.1) is 34.9 Å². The molecule has 0 unspecified atom stereocenters. The molecule has 0 atom stereocenters. The molecule has 1 amide bonds. The predicted molar refractivity (Wildman–Crippen MR) is 126 cm³/mol. The van der Waals surface area contributed by atoms with Gasteiger partial charge < -0.3 is 14.8 Å². The van der Waals surface area contributed by atoms with Crippen molar-refractivity contribution in [1.82, 2.24) is 14.5 Å². The molecule has 9 nitrogen and oxygen atoms in total. The number of carbonyl (C=O) groups is 1. The highest BCUT2D eigenvalue weighted by Crippen LogP contribution is 2.38. The molecule has 1 aromatic carbocycles. The third kappa shape index (κ3) is 4.45. The molecule has 0 saturated heterocycles. The van der Waals surface area contributed by atoms with Crippen LogP contribution in [0.5, 0.6) is 11.5 Å². The van der Waals surface area contributed by atoms with E-state index >= 15 is 0 Å². The molecule has 0 spiro atoms. The van der Waals surface area contributed by atoms with Crippen LogP contribution in [0, 0.1) is 0 Å². The van der Waals surface area contributed by atoms with Gasteiger partial charge in [-0.1, -0.05) is 32.4 Å². The number of fused-ring (bicyclic) bond motifs is 2. The minimum atomic E-state index is -0.667. The van der Waals surface area contributed by atoms with Gasteiger partial charge in [-0.15, -0.1) is 0 Å². The van der Waals surface area contributed by atoms with Gasteiger partial charge in [0, 0.05) is 30.8 Å². The zero-order valence-corrected chi connectivity index (χ0v) is 19.4. The molecule has 3 heterocycles. The van der Waals surface area contributed by atoms with Crippen LogP contribution < -0.4 is 26.0 Å². The van der Waals surface area contributed by atoms with Crippen LogP contribution in [0.2, 0.25) is 5.02 Å². The monoisotopic (exact) mass is 472 g/mol. The molecular formula is C23H25ClN4O5. The van der Waals surface area contributed by atoms with E-state index in [1.807, 2.05) is 20.8 Å². The summed E-state index contributed by atoms with van der Waals surface area (Å²) >= 11 is 6.39. The Morgan fingerprint density at radius 1 is 1.21 bits per heavy atom. The van der Waals surface area contributed by atoms with Crippen LogP contribution >= 0.6 is 11.6 Å². The summed E-state index contributed by atoms with van der Waals surface area (Å²) < 4.78 is 12.7. The second-order valence-electron chi connectivity index (χ2n) is 8.14. The van der Waals surface area contributed by atoms with Crippen LogP contribution in [0.25, 0.3) is 11.0 Å². The maximum absolute atomic E-state index is 13.4. The Hall–Kier alpha value is -3.33. The molecule has 0 bridgehead atoms. The lowest BCUT2D eigenvalue weighted by Gasteiger charge is -2.16. The molecule has 1 aliphatic rings. The third-order valence-electron chi connectivity index (χ3n) is 5.34. The van der Waals surface area contributed by atoms with Gasteiger partial charge in [0.25, 0.3) is 11.5 Å². The van der Waals surface area contributed by atoms with E-state index in [-0.39, 0.29) is 27.5 Å². The first kappa shape index (κ1) is 22.8. The first-order valence-electron chi connectivity index (χ1n) is 10.9. The van der Waals surface area contributed by atoms with Gasteiger partial charge in [-0.3, -0.25) is 19.1 Å². The van der Waals surface area contributed by atoms with Gasteiger partial charge in [-0.05, 0) is 18.4 Å². The van der Waals surface area contributed by atoms with Gasteiger partial charge in [-0.2, -0.15) is 0 Å².